The van der Waals surface area contributed by atoms with E-state index in [1.807, 2.05) is 84.0 Å². The van der Waals surface area contributed by atoms with Crippen molar-refractivity contribution in [1.82, 2.24) is 10.9 Å². The van der Waals surface area contributed by atoms with Gasteiger partial charge in [-0.1, -0.05) is 84.0 Å². The SMILES string of the molecule is CC(C(=O)NNC(=O)/C=C/c1ccccc1)c1cc(C(C)(C)C)c(O)c(C(C)(C)C)c1. The maximum Gasteiger partial charge on any atom is 0.262 e. The van der Waals surface area contributed by atoms with Crippen LogP contribution in [0.3, 0.4) is 0 Å². The van der Waals surface area contributed by atoms with Crippen LogP contribution in [0.5, 0.6) is 5.75 Å². The van der Waals surface area contributed by atoms with Crippen molar-refractivity contribution in [3.05, 3.63) is 70.8 Å². The summed E-state index contributed by atoms with van der Waals surface area (Å²) in [5.41, 5.74) is 7.63. The van der Waals surface area contributed by atoms with Gasteiger partial charge in [-0.3, -0.25) is 20.4 Å². The molecule has 2 aromatic carbocycles. The lowest BCUT2D eigenvalue weighted by molar-refractivity contribution is -0.127. The molecule has 1 unspecified atom stereocenters. The Morgan fingerprint density at radius 1 is 0.903 bits per heavy atom. The van der Waals surface area contributed by atoms with Gasteiger partial charge in [0.05, 0.1) is 5.92 Å². The maximum absolute atomic E-state index is 12.7. The monoisotopic (exact) mass is 422 g/mol. The zero-order chi connectivity index (χ0) is 23.4. The number of aromatic hydroxyl groups is 1. The highest BCUT2D eigenvalue weighted by Gasteiger charge is 2.28. The first-order chi connectivity index (χ1) is 14.3. The van der Waals surface area contributed by atoms with Gasteiger partial charge in [0.25, 0.3) is 5.91 Å². The van der Waals surface area contributed by atoms with E-state index in [0.29, 0.717) is 0 Å². The molecule has 0 aliphatic carbocycles. The summed E-state index contributed by atoms with van der Waals surface area (Å²) in [6.45, 7) is 14.0. The fraction of sp³-hybridized carbons (Fsp3) is 0.385. The van der Waals surface area contributed by atoms with Gasteiger partial charge < -0.3 is 5.11 Å². The summed E-state index contributed by atoms with van der Waals surface area (Å²) in [4.78, 5) is 24.8. The number of hydrazine groups is 1. The Bertz CT molecular complexity index is 929. The Hall–Kier alpha value is -3.08. The third kappa shape index (κ3) is 6.45. The summed E-state index contributed by atoms with van der Waals surface area (Å²) in [5, 5.41) is 10.9. The second kappa shape index (κ2) is 9.38. The number of amides is 2. The van der Waals surface area contributed by atoms with E-state index in [2.05, 4.69) is 10.9 Å². The molecule has 0 fully saturated rings. The number of carbonyl (C=O) groups excluding carboxylic acids is 2. The minimum absolute atomic E-state index is 0.274. The molecule has 0 saturated carbocycles. The van der Waals surface area contributed by atoms with Crippen molar-refractivity contribution in [2.24, 2.45) is 0 Å². The first kappa shape index (κ1) is 24.2. The first-order valence-corrected chi connectivity index (χ1v) is 10.5. The third-order valence-electron chi connectivity index (χ3n) is 5.18. The Labute approximate surface area is 185 Å². The van der Waals surface area contributed by atoms with E-state index in [9.17, 15) is 14.7 Å². The standard InChI is InChI=1S/C26H34N2O3/c1-17(24(31)28-27-22(29)14-13-18-11-9-8-10-12-18)19-15-20(25(2,3)4)23(30)21(16-19)26(5,6)7/h8-17,30H,1-7H3,(H,27,29)(H,28,31)/b14-13+. The van der Waals surface area contributed by atoms with Crippen LogP contribution in [-0.4, -0.2) is 16.9 Å². The average molecular weight is 423 g/mol. The fourth-order valence-electron chi connectivity index (χ4n) is 3.21. The summed E-state index contributed by atoms with van der Waals surface area (Å²) in [5.74, 6) is -0.982. The molecule has 0 spiro atoms. The molecule has 2 rings (SSSR count). The summed E-state index contributed by atoms with van der Waals surface area (Å²) < 4.78 is 0. The molecule has 3 N–H and O–H groups in total. The summed E-state index contributed by atoms with van der Waals surface area (Å²) in [6.07, 6.45) is 3.05. The van der Waals surface area contributed by atoms with E-state index in [1.54, 1.807) is 13.0 Å². The molecule has 0 bridgehead atoms. The Kier molecular flexibility index (Phi) is 7.32. The van der Waals surface area contributed by atoms with E-state index in [-0.39, 0.29) is 22.5 Å². The zero-order valence-corrected chi connectivity index (χ0v) is 19.5. The number of benzene rings is 2. The van der Waals surface area contributed by atoms with Crippen LogP contribution in [0, 0.1) is 0 Å². The largest absolute Gasteiger partial charge is 0.507 e. The highest BCUT2D eigenvalue weighted by molar-refractivity contribution is 5.94. The number of rotatable bonds is 4. The normalized spacial score (nSPS) is 13.1. The van der Waals surface area contributed by atoms with Gasteiger partial charge >= 0.3 is 0 Å². The van der Waals surface area contributed by atoms with E-state index < -0.39 is 11.8 Å². The molecule has 5 nitrogen and oxygen atoms in total. The van der Waals surface area contributed by atoms with Crippen LogP contribution in [0.4, 0.5) is 0 Å². The quantitative estimate of drug-likeness (QED) is 0.482. The van der Waals surface area contributed by atoms with Crippen molar-refractivity contribution in [2.75, 3.05) is 0 Å². The smallest absolute Gasteiger partial charge is 0.262 e. The third-order valence-corrected chi connectivity index (χ3v) is 5.18. The molecule has 1 atom stereocenters. The van der Waals surface area contributed by atoms with Gasteiger partial charge in [0, 0.05) is 6.08 Å². The second-order valence-corrected chi connectivity index (χ2v) is 9.91. The molecule has 2 aromatic rings. The van der Waals surface area contributed by atoms with Gasteiger partial charge in [-0.2, -0.15) is 0 Å². The zero-order valence-electron chi connectivity index (χ0n) is 19.5. The molecular weight excluding hydrogens is 388 g/mol. The molecule has 0 aliphatic heterocycles. The molecule has 5 heteroatoms. The van der Waals surface area contributed by atoms with Gasteiger partial charge in [0.1, 0.15) is 5.75 Å². The van der Waals surface area contributed by atoms with Crippen molar-refractivity contribution in [3.63, 3.8) is 0 Å². The molecule has 0 aromatic heterocycles. The Balaban J connectivity index is 2.18. The molecule has 0 aliphatic rings. The van der Waals surface area contributed by atoms with Crippen molar-refractivity contribution in [2.45, 2.75) is 65.2 Å². The van der Waals surface area contributed by atoms with E-state index in [1.165, 1.54) is 6.08 Å². The lowest BCUT2D eigenvalue weighted by Gasteiger charge is -2.29. The van der Waals surface area contributed by atoms with Crippen molar-refractivity contribution >= 4 is 17.9 Å². The predicted molar refractivity (Wildman–Crippen MR) is 126 cm³/mol. The number of hydrogen-bond acceptors (Lipinski definition) is 3. The van der Waals surface area contributed by atoms with Crippen LogP contribution in [-0.2, 0) is 20.4 Å². The highest BCUT2D eigenvalue weighted by atomic mass is 16.3. The van der Waals surface area contributed by atoms with Crippen LogP contribution < -0.4 is 10.9 Å². The number of carbonyl (C=O) groups is 2. The first-order valence-electron chi connectivity index (χ1n) is 10.5. The molecular formula is C26H34N2O3. The van der Waals surface area contributed by atoms with Crippen molar-refractivity contribution in [1.29, 1.82) is 0 Å². The molecule has 0 radical (unpaired) electrons. The summed E-state index contributed by atoms with van der Waals surface area (Å²) in [7, 11) is 0. The number of phenolic OH excluding ortho intramolecular Hbond substituents is 1. The van der Waals surface area contributed by atoms with Crippen LogP contribution in [0.2, 0.25) is 0 Å². The van der Waals surface area contributed by atoms with E-state index >= 15 is 0 Å². The van der Waals surface area contributed by atoms with Gasteiger partial charge in [0.15, 0.2) is 0 Å². The number of phenols is 1. The summed E-state index contributed by atoms with van der Waals surface area (Å²) >= 11 is 0. The lowest BCUT2D eigenvalue weighted by Crippen LogP contribution is -2.42. The van der Waals surface area contributed by atoms with E-state index in [0.717, 1.165) is 22.3 Å². The van der Waals surface area contributed by atoms with Crippen molar-refractivity contribution in [3.8, 4) is 5.75 Å². The molecule has 2 amide bonds. The Morgan fingerprint density at radius 2 is 1.42 bits per heavy atom. The number of nitrogens with one attached hydrogen (secondary N) is 2. The molecule has 0 saturated heterocycles. The van der Waals surface area contributed by atoms with Crippen LogP contribution in [0.1, 0.15) is 76.6 Å². The fourth-order valence-corrected chi connectivity index (χ4v) is 3.21. The van der Waals surface area contributed by atoms with Crippen LogP contribution in [0.15, 0.2) is 48.5 Å². The van der Waals surface area contributed by atoms with Gasteiger partial charge in [-0.25, -0.2) is 0 Å². The Morgan fingerprint density at radius 3 is 1.90 bits per heavy atom. The molecule has 31 heavy (non-hydrogen) atoms. The lowest BCUT2D eigenvalue weighted by atomic mass is 9.77. The molecule has 0 heterocycles. The average Bonchev–Trinajstić information content (AvgIpc) is 2.69. The number of hydrogen-bond donors (Lipinski definition) is 3. The van der Waals surface area contributed by atoms with Gasteiger partial charge in [-0.15, -0.1) is 0 Å². The van der Waals surface area contributed by atoms with Gasteiger partial charge in [-0.05, 0) is 46.1 Å². The van der Waals surface area contributed by atoms with Crippen LogP contribution in [0.25, 0.3) is 6.08 Å². The van der Waals surface area contributed by atoms with Gasteiger partial charge in [0.2, 0.25) is 5.91 Å². The topological polar surface area (TPSA) is 78.4 Å². The second-order valence-electron chi connectivity index (χ2n) is 9.91. The van der Waals surface area contributed by atoms with E-state index in [4.69, 9.17) is 0 Å². The minimum Gasteiger partial charge on any atom is -0.507 e. The maximum atomic E-state index is 12.7. The van der Waals surface area contributed by atoms with Crippen LogP contribution >= 0.6 is 0 Å². The molecule has 166 valence electrons. The highest BCUT2D eigenvalue weighted by Crippen LogP contribution is 2.41. The predicted octanol–water partition coefficient (Wildman–Crippen LogP) is 4.95. The van der Waals surface area contributed by atoms with Crippen molar-refractivity contribution < 1.29 is 14.7 Å². The minimum atomic E-state index is -0.513. The summed E-state index contributed by atoms with van der Waals surface area (Å²) in [6, 6.07) is 13.2.